The Hall–Kier alpha value is -2.02. The van der Waals surface area contributed by atoms with Crippen LogP contribution < -0.4 is 10.2 Å². The number of sulfonamides is 1. The molecule has 1 heterocycles. The van der Waals surface area contributed by atoms with Crippen molar-refractivity contribution in [3.63, 3.8) is 0 Å². The molecule has 2 aliphatic carbocycles. The van der Waals surface area contributed by atoms with Gasteiger partial charge >= 0.3 is 0 Å². The van der Waals surface area contributed by atoms with Crippen LogP contribution in [0.25, 0.3) is 0 Å². The van der Waals surface area contributed by atoms with Crippen molar-refractivity contribution in [2.45, 2.75) is 58.5 Å². The number of hydrogen-bond donors (Lipinski definition) is 1. The molecule has 1 aliphatic heterocycles. The number of hydrogen-bond acceptors (Lipinski definition) is 7. The highest BCUT2D eigenvalue weighted by Crippen LogP contribution is 2.66. The molecule has 3 fully saturated rings. The first-order chi connectivity index (χ1) is 18.5. The van der Waals surface area contributed by atoms with E-state index in [2.05, 4.69) is 19.2 Å². The second-order valence-corrected chi connectivity index (χ2v) is 17.0. The lowest BCUT2D eigenvalue weighted by atomic mass is 9.69. The highest BCUT2D eigenvalue weighted by molar-refractivity contribution is 7.90. The fourth-order valence-corrected chi connectivity index (χ4v) is 10.1. The number of anilines is 1. The Bertz CT molecular complexity index is 1360. The number of para-hydroxylation sites is 1. The predicted molar refractivity (Wildman–Crippen MR) is 156 cm³/mol. The van der Waals surface area contributed by atoms with Crippen molar-refractivity contribution in [1.29, 1.82) is 0 Å². The molecule has 4 atom stereocenters. The van der Waals surface area contributed by atoms with Crippen molar-refractivity contribution in [1.82, 2.24) is 14.5 Å². The summed E-state index contributed by atoms with van der Waals surface area (Å²) in [6, 6.07) is 6.59. The van der Waals surface area contributed by atoms with Gasteiger partial charge in [0.2, 0.25) is 21.8 Å². The highest BCUT2D eigenvalue weighted by Gasteiger charge is 2.66. The summed E-state index contributed by atoms with van der Waals surface area (Å²) in [6.07, 6.45) is 3.56. The van der Waals surface area contributed by atoms with E-state index in [9.17, 15) is 26.4 Å². The third-order valence-corrected chi connectivity index (χ3v) is 12.8. The number of nitrogens with one attached hydrogen (secondary N) is 1. The van der Waals surface area contributed by atoms with Crippen LogP contribution in [-0.4, -0.2) is 101 Å². The number of sulfone groups is 1. The van der Waals surface area contributed by atoms with Crippen LogP contribution in [0.2, 0.25) is 0 Å². The third kappa shape index (κ3) is 5.82. The van der Waals surface area contributed by atoms with Crippen molar-refractivity contribution in [3.05, 3.63) is 29.8 Å². The Morgan fingerprint density at radius 3 is 2.40 bits per heavy atom. The summed E-state index contributed by atoms with van der Waals surface area (Å²) in [5.41, 5.74) is 0.747. The van der Waals surface area contributed by atoms with Gasteiger partial charge in [-0.05, 0) is 69.7 Å². The van der Waals surface area contributed by atoms with E-state index in [4.69, 9.17) is 0 Å². The van der Waals surface area contributed by atoms with Gasteiger partial charge in [-0.25, -0.2) is 16.8 Å². The minimum Gasteiger partial charge on any atom is -0.351 e. The molecule has 1 saturated heterocycles. The Kier molecular flexibility index (Phi) is 8.50. The Balaban J connectivity index is 1.52. The largest absolute Gasteiger partial charge is 0.351 e. The van der Waals surface area contributed by atoms with Crippen LogP contribution >= 0.6 is 0 Å². The van der Waals surface area contributed by atoms with Gasteiger partial charge in [-0.3, -0.25) is 14.5 Å². The molecule has 3 unspecified atom stereocenters. The van der Waals surface area contributed by atoms with E-state index >= 15 is 0 Å². The SMILES string of the molecule is Cc1ccccc1N1CCN(S(=O)(=O)CC23CCC(CC2NC(=O)[C@H](CCS(C)(=O)=O)N(C)C)C3(C)C)CC1=O. The van der Waals surface area contributed by atoms with Gasteiger partial charge in [-0.2, -0.15) is 4.31 Å². The molecule has 2 amide bonds. The number of nitrogens with zero attached hydrogens (tertiary/aromatic N) is 3. The van der Waals surface area contributed by atoms with Crippen LogP contribution in [0.5, 0.6) is 0 Å². The number of carbonyl (C=O) groups excluding carboxylic acids is 2. The van der Waals surface area contributed by atoms with Crippen LogP contribution in [0.3, 0.4) is 0 Å². The van der Waals surface area contributed by atoms with Gasteiger partial charge in [0.25, 0.3) is 0 Å². The van der Waals surface area contributed by atoms with Crippen LogP contribution in [0.4, 0.5) is 5.69 Å². The van der Waals surface area contributed by atoms with Crippen molar-refractivity contribution in [2.24, 2.45) is 16.7 Å². The quantitative estimate of drug-likeness (QED) is 0.436. The van der Waals surface area contributed by atoms with Gasteiger partial charge in [0.05, 0.1) is 24.1 Å². The molecule has 0 aromatic heterocycles. The molecule has 1 aromatic carbocycles. The molecule has 4 rings (SSSR count). The lowest BCUT2D eigenvalue weighted by molar-refractivity contribution is -0.127. The van der Waals surface area contributed by atoms with Crippen molar-refractivity contribution >= 4 is 37.4 Å². The van der Waals surface area contributed by atoms with E-state index in [1.807, 2.05) is 31.2 Å². The van der Waals surface area contributed by atoms with E-state index in [1.165, 1.54) is 4.31 Å². The summed E-state index contributed by atoms with van der Waals surface area (Å²) in [5.74, 6) is -0.505. The number of likely N-dealkylation sites (N-methyl/N-ethyl adjacent to an activating group) is 1. The summed E-state index contributed by atoms with van der Waals surface area (Å²) in [4.78, 5) is 29.9. The molecule has 224 valence electrons. The van der Waals surface area contributed by atoms with Gasteiger partial charge in [-0.1, -0.05) is 32.0 Å². The summed E-state index contributed by atoms with van der Waals surface area (Å²) in [7, 11) is -3.58. The van der Waals surface area contributed by atoms with Gasteiger partial charge in [0.1, 0.15) is 9.84 Å². The number of amides is 2. The summed E-state index contributed by atoms with van der Waals surface area (Å²) >= 11 is 0. The number of benzene rings is 1. The van der Waals surface area contributed by atoms with E-state index in [0.717, 1.165) is 23.9 Å². The first-order valence-corrected chi connectivity index (χ1v) is 17.6. The summed E-state index contributed by atoms with van der Waals surface area (Å²) in [6.45, 7) is 6.42. The van der Waals surface area contributed by atoms with Crippen LogP contribution in [0, 0.1) is 23.7 Å². The zero-order valence-electron chi connectivity index (χ0n) is 24.5. The maximum atomic E-state index is 13.9. The monoisotopic (exact) mass is 596 g/mol. The number of rotatable bonds is 10. The lowest BCUT2D eigenvalue weighted by Crippen LogP contribution is -2.58. The van der Waals surface area contributed by atoms with Crippen LogP contribution in [-0.2, 0) is 29.4 Å². The van der Waals surface area contributed by atoms with Crippen molar-refractivity contribution < 1.29 is 26.4 Å². The van der Waals surface area contributed by atoms with Gasteiger partial charge < -0.3 is 10.2 Å². The molecule has 2 saturated carbocycles. The first kappa shape index (κ1) is 30.9. The Morgan fingerprint density at radius 2 is 1.82 bits per heavy atom. The number of fused-ring (bicyclic) bond motifs is 2. The topological polar surface area (TPSA) is 124 Å². The Labute approximate surface area is 239 Å². The van der Waals surface area contributed by atoms with Crippen molar-refractivity contribution in [3.8, 4) is 0 Å². The van der Waals surface area contributed by atoms with Gasteiger partial charge in [0, 0.05) is 36.5 Å². The molecule has 12 heteroatoms. The van der Waals surface area contributed by atoms with Gasteiger partial charge in [-0.15, -0.1) is 0 Å². The highest BCUT2D eigenvalue weighted by atomic mass is 32.2. The molecule has 40 heavy (non-hydrogen) atoms. The van der Waals surface area contributed by atoms with Crippen LogP contribution in [0.15, 0.2) is 24.3 Å². The minimum atomic E-state index is -3.82. The molecule has 10 nitrogen and oxygen atoms in total. The molecular formula is C28H44N4O6S2. The second kappa shape index (κ2) is 11.0. The zero-order valence-corrected chi connectivity index (χ0v) is 26.1. The number of piperazine rings is 1. The maximum absolute atomic E-state index is 13.9. The molecule has 0 radical (unpaired) electrons. The van der Waals surface area contributed by atoms with Gasteiger partial charge in [0.15, 0.2) is 0 Å². The first-order valence-electron chi connectivity index (χ1n) is 14.0. The lowest BCUT2D eigenvalue weighted by Gasteiger charge is -2.44. The molecule has 1 N–H and O–H groups in total. The number of aryl methyl sites for hydroxylation is 1. The number of carbonyl (C=O) groups is 2. The maximum Gasteiger partial charge on any atom is 0.242 e. The molecular weight excluding hydrogens is 552 g/mol. The second-order valence-electron chi connectivity index (χ2n) is 12.7. The zero-order chi connectivity index (χ0) is 29.7. The van der Waals surface area contributed by atoms with E-state index < -0.39 is 31.3 Å². The predicted octanol–water partition coefficient (Wildman–Crippen LogP) is 1.65. The average Bonchev–Trinajstić information content (AvgIpc) is 3.18. The van der Waals surface area contributed by atoms with E-state index in [-0.39, 0.29) is 66.7 Å². The molecule has 2 bridgehead atoms. The van der Waals surface area contributed by atoms with E-state index in [0.29, 0.717) is 12.8 Å². The standard InChI is InChI=1S/C28H44N4O6S2/c1-20-9-7-8-10-22(20)32-15-14-31(18-25(32)33)40(37,38)19-28-13-11-21(27(28,2)3)17-24(28)29-26(34)23(30(4)5)12-16-39(6,35)36/h7-10,21,23-24H,11-19H2,1-6H3,(H,29,34)/t21?,23-,24?,28?/m0/s1. The average molecular weight is 597 g/mol. The van der Waals surface area contributed by atoms with Crippen molar-refractivity contribution in [2.75, 3.05) is 56.4 Å². The summed E-state index contributed by atoms with van der Waals surface area (Å²) in [5, 5.41) is 3.16. The van der Waals surface area contributed by atoms with E-state index in [1.54, 1.807) is 23.9 Å². The third-order valence-electron chi connectivity index (χ3n) is 9.86. The van der Waals surface area contributed by atoms with Crippen LogP contribution in [0.1, 0.15) is 45.1 Å². The fraction of sp³-hybridized carbons (Fsp3) is 0.714. The summed E-state index contributed by atoms with van der Waals surface area (Å²) < 4.78 is 52.7. The molecule has 3 aliphatic rings. The fourth-order valence-electron chi connectivity index (χ4n) is 7.27. The molecule has 0 spiro atoms. The Morgan fingerprint density at radius 1 is 1.15 bits per heavy atom. The minimum absolute atomic E-state index is 0.107. The normalized spacial score (nSPS) is 27.8. The molecule has 1 aromatic rings. The smallest absolute Gasteiger partial charge is 0.242 e.